The summed E-state index contributed by atoms with van der Waals surface area (Å²) >= 11 is 1.38. The van der Waals surface area contributed by atoms with E-state index in [0.29, 0.717) is 0 Å². The van der Waals surface area contributed by atoms with Crippen LogP contribution in [-0.2, 0) is 6.54 Å². The Morgan fingerprint density at radius 1 is 1.43 bits per heavy atom. The molecule has 0 spiro atoms. The molecular weight excluding hydrogens is 194 g/mol. The predicted molar refractivity (Wildman–Crippen MR) is 58.1 cm³/mol. The normalized spacial score (nSPS) is 10.4. The third-order valence-electron chi connectivity index (χ3n) is 1.96. The van der Waals surface area contributed by atoms with Crippen LogP contribution < -0.4 is 5.32 Å². The molecule has 0 aliphatic carbocycles. The standard InChI is InChI=1S/C10H11N3S/c1-11-6-8-3-2-4-9(5-8)10-7-14-13-12-10/h2-5,7,11H,6H2,1H3. The predicted octanol–water partition coefficient (Wildman–Crippen LogP) is 1.92. The van der Waals surface area contributed by atoms with Crippen LogP contribution in [0.5, 0.6) is 0 Å². The van der Waals surface area contributed by atoms with E-state index in [1.54, 1.807) is 0 Å². The quantitative estimate of drug-likeness (QED) is 0.832. The van der Waals surface area contributed by atoms with Gasteiger partial charge in [0.1, 0.15) is 5.69 Å². The van der Waals surface area contributed by atoms with E-state index in [-0.39, 0.29) is 0 Å². The first-order valence-corrected chi connectivity index (χ1v) is 5.25. The number of rotatable bonds is 3. The first-order chi connectivity index (χ1) is 6.90. The summed E-state index contributed by atoms with van der Waals surface area (Å²) in [6.45, 7) is 0.880. The Labute approximate surface area is 87.0 Å². The average molecular weight is 205 g/mol. The Hall–Kier alpha value is -1.26. The fourth-order valence-electron chi connectivity index (χ4n) is 1.34. The van der Waals surface area contributed by atoms with Crippen LogP contribution in [0.1, 0.15) is 5.56 Å². The highest BCUT2D eigenvalue weighted by atomic mass is 32.1. The van der Waals surface area contributed by atoms with Gasteiger partial charge in [-0.1, -0.05) is 22.7 Å². The molecule has 14 heavy (non-hydrogen) atoms. The van der Waals surface area contributed by atoms with E-state index in [1.165, 1.54) is 17.1 Å². The van der Waals surface area contributed by atoms with E-state index in [1.807, 2.05) is 18.5 Å². The summed E-state index contributed by atoms with van der Waals surface area (Å²) in [4.78, 5) is 0. The largest absolute Gasteiger partial charge is 0.316 e. The monoisotopic (exact) mass is 205 g/mol. The number of benzene rings is 1. The van der Waals surface area contributed by atoms with Gasteiger partial charge in [0, 0.05) is 17.5 Å². The molecule has 0 aliphatic rings. The zero-order valence-electron chi connectivity index (χ0n) is 7.90. The van der Waals surface area contributed by atoms with Gasteiger partial charge in [-0.15, -0.1) is 5.10 Å². The number of nitrogens with zero attached hydrogens (tertiary/aromatic N) is 2. The topological polar surface area (TPSA) is 37.8 Å². The zero-order valence-corrected chi connectivity index (χ0v) is 8.71. The molecule has 0 radical (unpaired) electrons. The van der Waals surface area contributed by atoms with E-state index in [2.05, 4.69) is 33.1 Å². The van der Waals surface area contributed by atoms with Gasteiger partial charge >= 0.3 is 0 Å². The molecule has 2 aromatic rings. The highest BCUT2D eigenvalue weighted by Crippen LogP contribution is 2.18. The van der Waals surface area contributed by atoms with Gasteiger partial charge in [-0.2, -0.15) is 0 Å². The summed E-state index contributed by atoms with van der Waals surface area (Å²) in [6.07, 6.45) is 0. The molecule has 1 heterocycles. The maximum absolute atomic E-state index is 4.04. The Kier molecular flexibility index (Phi) is 2.86. The van der Waals surface area contributed by atoms with Crippen LogP contribution in [0.25, 0.3) is 11.3 Å². The Bertz CT molecular complexity index is 398. The molecule has 0 saturated heterocycles. The molecule has 1 aromatic heterocycles. The third kappa shape index (κ3) is 1.97. The first-order valence-electron chi connectivity index (χ1n) is 4.41. The summed E-state index contributed by atoms with van der Waals surface area (Å²) in [6, 6.07) is 8.32. The van der Waals surface area contributed by atoms with Crippen LogP contribution in [0.15, 0.2) is 29.6 Å². The molecule has 0 bridgehead atoms. The lowest BCUT2D eigenvalue weighted by molar-refractivity contribution is 0.818. The summed E-state index contributed by atoms with van der Waals surface area (Å²) < 4.78 is 3.85. The second kappa shape index (κ2) is 4.30. The molecule has 1 N–H and O–H groups in total. The Morgan fingerprint density at radius 3 is 3.07 bits per heavy atom. The van der Waals surface area contributed by atoms with Crippen molar-refractivity contribution in [2.24, 2.45) is 0 Å². The van der Waals surface area contributed by atoms with E-state index in [4.69, 9.17) is 0 Å². The minimum absolute atomic E-state index is 0.880. The first kappa shape index (κ1) is 9.30. The summed E-state index contributed by atoms with van der Waals surface area (Å²) in [5.41, 5.74) is 3.34. The van der Waals surface area contributed by atoms with Gasteiger partial charge in [-0.05, 0) is 30.2 Å². The molecule has 4 heteroatoms. The van der Waals surface area contributed by atoms with Gasteiger partial charge in [-0.25, -0.2) is 0 Å². The Balaban J connectivity index is 2.31. The summed E-state index contributed by atoms with van der Waals surface area (Å²) in [7, 11) is 1.94. The minimum Gasteiger partial charge on any atom is -0.316 e. The van der Waals surface area contributed by atoms with E-state index in [0.717, 1.165) is 17.8 Å². The zero-order chi connectivity index (χ0) is 9.80. The van der Waals surface area contributed by atoms with Crippen molar-refractivity contribution in [2.45, 2.75) is 6.54 Å². The van der Waals surface area contributed by atoms with Crippen molar-refractivity contribution in [3.8, 4) is 11.3 Å². The lowest BCUT2D eigenvalue weighted by Crippen LogP contribution is -2.04. The van der Waals surface area contributed by atoms with Crippen molar-refractivity contribution in [1.82, 2.24) is 14.9 Å². The fourth-order valence-corrected chi connectivity index (χ4v) is 1.80. The van der Waals surface area contributed by atoms with Crippen molar-refractivity contribution in [3.63, 3.8) is 0 Å². The summed E-state index contributed by atoms with van der Waals surface area (Å²) in [5.74, 6) is 0. The van der Waals surface area contributed by atoms with Crippen LogP contribution in [-0.4, -0.2) is 16.6 Å². The highest BCUT2D eigenvalue weighted by molar-refractivity contribution is 7.03. The van der Waals surface area contributed by atoms with Crippen LogP contribution >= 0.6 is 11.5 Å². The van der Waals surface area contributed by atoms with Crippen molar-refractivity contribution in [3.05, 3.63) is 35.2 Å². The van der Waals surface area contributed by atoms with Gasteiger partial charge in [0.05, 0.1) is 0 Å². The SMILES string of the molecule is CNCc1cccc(-c2csnn2)c1. The number of nitrogens with one attached hydrogen (secondary N) is 1. The maximum Gasteiger partial charge on any atom is 0.105 e. The minimum atomic E-state index is 0.880. The van der Waals surface area contributed by atoms with E-state index >= 15 is 0 Å². The molecule has 3 nitrogen and oxygen atoms in total. The lowest BCUT2D eigenvalue weighted by atomic mass is 10.1. The molecule has 0 saturated carbocycles. The van der Waals surface area contributed by atoms with E-state index in [9.17, 15) is 0 Å². The van der Waals surface area contributed by atoms with Crippen LogP contribution in [0.3, 0.4) is 0 Å². The second-order valence-corrected chi connectivity index (χ2v) is 3.63. The number of hydrogen-bond donors (Lipinski definition) is 1. The number of aromatic nitrogens is 2. The van der Waals surface area contributed by atoms with Crippen molar-refractivity contribution in [1.29, 1.82) is 0 Å². The van der Waals surface area contributed by atoms with Crippen molar-refractivity contribution in [2.75, 3.05) is 7.05 Å². The van der Waals surface area contributed by atoms with Gasteiger partial charge in [-0.3, -0.25) is 0 Å². The fraction of sp³-hybridized carbons (Fsp3) is 0.200. The smallest absolute Gasteiger partial charge is 0.105 e. The molecule has 2 rings (SSSR count). The number of hydrogen-bond acceptors (Lipinski definition) is 4. The third-order valence-corrected chi connectivity index (χ3v) is 2.47. The molecular formula is C10H11N3S. The van der Waals surface area contributed by atoms with Gasteiger partial charge < -0.3 is 5.32 Å². The molecule has 0 atom stereocenters. The van der Waals surface area contributed by atoms with Gasteiger partial charge in [0.15, 0.2) is 0 Å². The highest BCUT2D eigenvalue weighted by Gasteiger charge is 2.00. The Morgan fingerprint density at radius 2 is 2.36 bits per heavy atom. The molecule has 0 unspecified atom stereocenters. The van der Waals surface area contributed by atoms with Crippen molar-refractivity contribution >= 4 is 11.5 Å². The van der Waals surface area contributed by atoms with Crippen LogP contribution in [0.2, 0.25) is 0 Å². The van der Waals surface area contributed by atoms with Crippen LogP contribution in [0, 0.1) is 0 Å². The van der Waals surface area contributed by atoms with Crippen molar-refractivity contribution < 1.29 is 0 Å². The molecule has 0 amide bonds. The molecule has 1 aromatic carbocycles. The summed E-state index contributed by atoms with van der Waals surface area (Å²) in [5, 5.41) is 9.12. The molecule has 0 aliphatic heterocycles. The average Bonchev–Trinajstić information content (AvgIpc) is 2.71. The lowest BCUT2D eigenvalue weighted by Gasteiger charge is -2.01. The van der Waals surface area contributed by atoms with Crippen LogP contribution in [0.4, 0.5) is 0 Å². The second-order valence-electron chi connectivity index (χ2n) is 3.02. The van der Waals surface area contributed by atoms with Gasteiger partial charge in [0.2, 0.25) is 0 Å². The van der Waals surface area contributed by atoms with E-state index < -0.39 is 0 Å². The molecule has 72 valence electrons. The molecule has 0 fully saturated rings. The maximum atomic E-state index is 4.04. The van der Waals surface area contributed by atoms with Gasteiger partial charge in [0.25, 0.3) is 0 Å².